The molecule has 20 heavy (non-hydrogen) atoms. The lowest BCUT2D eigenvalue weighted by Crippen LogP contribution is -1.82. The van der Waals surface area contributed by atoms with Gasteiger partial charge in [-0.1, -0.05) is 52.3 Å². The number of fused-ring (bicyclic) bond motifs is 2. The monoisotopic (exact) mass is 322 g/mol. The third-order valence-electron chi connectivity index (χ3n) is 3.47. The maximum atomic E-state index is 4.65. The summed E-state index contributed by atoms with van der Waals surface area (Å²) < 4.78 is 1.09. The van der Waals surface area contributed by atoms with Crippen LogP contribution in [0.1, 0.15) is 0 Å². The second-order valence-corrected chi connectivity index (χ2v) is 5.64. The molecule has 0 aliphatic carbocycles. The maximum Gasteiger partial charge on any atom is 0.138 e. The van der Waals surface area contributed by atoms with E-state index in [0.29, 0.717) is 0 Å². The molecular weight excluding hydrogens is 312 g/mol. The van der Waals surface area contributed by atoms with Crippen molar-refractivity contribution < 1.29 is 0 Å². The van der Waals surface area contributed by atoms with Gasteiger partial charge in [0.15, 0.2) is 0 Å². The summed E-state index contributed by atoms with van der Waals surface area (Å²) in [4.78, 5) is 8.03. The van der Waals surface area contributed by atoms with E-state index in [1.165, 1.54) is 10.8 Å². The summed E-state index contributed by atoms with van der Waals surface area (Å²) in [6.45, 7) is 0. The lowest BCUT2D eigenvalue weighted by molar-refractivity contribution is 1.34. The number of nitrogens with zero attached hydrogens (tertiary/aromatic N) is 1. The van der Waals surface area contributed by atoms with Crippen molar-refractivity contribution >= 4 is 37.7 Å². The maximum absolute atomic E-state index is 4.65. The van der Waals surface area contributed by atoms with E-state index < -0.39 is 0 Å². The average molecular weight is 323 g/mol. The van der Waals surface area contributed by atoms with Crippen molar-refractivity contribution in [2.24, 2.45) is 0 Å². The minimum atomic E-state index is 0.901. The predicted octanol–water partition coefficient (Wildman–Crippen LogP) is 5.15. The van der Waals surface area contributed by atoms with Crippen LogP contribution in [-0.4, -0.2) is 9.97 Å². The predicted molar refractivity (Wildman–Crippen MR) is 86.7 cm³/mol. The smallest absolute Gasteiger partial charge is 0.138 e. The van der Waals surface area contributed by atoms with Crippen molar-refractivity contribution in [1.29, 1.82) is 0 Å². The number of imidazole rings is 1. The summed E-state index contributed by atoms with van der Waals surface area (Å²) in [6.07, 6.45) is 0. The van der Waals surface area contributed by atoms with Gasteiger partial charge in [0.1, 0.15) is 5.82 Å². The molecule has 0 aliphatic rings. The van der Waals surface area contributed by atoms with Gasteiger partial charge in [-0.3, -0.25) is 0 Å². The van der Waals surface area contributed by atoms with E-state index in [9.17, 15) is 0 Å². The van der Waals surface area contributed by atoms with Gasteiger partial charge in [-0.25, -0.2) is 4.98 Å². The Hall–Kier alpha value is -2.13. The van der Waals surface area contributed by atoms with Crippen molar-refractivity contribution in [3.63, 3.8) is 0 Å². The molecule has 0 bridgehead atoms. The molecule has 0 saturated carbocycles. The quantitative estimate of drug-likeness (QED) is 0.516. The van der Waals surface area contributed by atoms with Crippen molar-refractivity contribution in [2.75, 3.05) is 0 Å². The summed E-state index contributed by atoms with van der Waals surface area (Å²) in [7, 11) is 0. The molecule has 3 aromatic carbocycles. The summed E-state index contributed by atoms with van der Waals surface area (Å²) in [6, 6.07) is 20.7. The zero-order valence-electron chi connectivity index (χ0n) is 10.6. The van der Waals surface area contributed by atoms with Crippen LogP contribution in [0.4, 0.5) is 0 Å². The zero-order valence-corrected chi connectivity index (χ0v) is 12.2. The topological polar surface area (TPSA) is 28.7 Å². The number of H-pyrrole nitrogens is 1. The Kier molecular flexibility index (Phi) is 2.60. The molecule has 0 unspecified atom stereocenters. The van der Waals surface area contributed by atoms with Crippen LogP contribution in [0.3, 0.4) is 0 Å². The van der Waals surface area contributed by atoms with Gasteiger partial charge in [0, 0.05) is 10.0 Å². The van der Waals surface area contributed by atoms with E-state index in [0.717, 1.165) is 26.9 Å². The van der Waals surface area contributed by atoms with Crippen molar-refractivity contribution in [2.45, 2.75) is 0 Å². The molecule has 4 rings (SSSR count). The lowest BCUT2D eigenvalue weighted by Gasteiger charge is -2.04. The van der Waals surface area contributed by atoms with E-state index in [1.807, 2.05) is 30.3 Å². The van der Waals surface area contributed by atoms with Crippen LogP contribution in [0, 0.1) is 0 Å². The SMILES string of the molecule is Brc1cc(-c2nc3ccccc3[nH]2)cc2ccccc12. The number of rotatable bonds is 1. The molecule has 1 heterocycles. The first kappa shape index (κ1) is 11.7. The van der Waals surface area contributed by atoms with Gasteiger partial charge in [-0.15, -0.1) is 0 Å². The first-order chi connectivity index (χ1) is 9.81. The van der Waals surface area contributed by atoms with Gasteiger partial charge >= 0.3 is 0 Å². The van der Waals surface area contributed by atoms with Crippen molar-refractivity contribution in [3.8, 4) is 11.4 Å². The molecule has 0 amide bonds. The molecule has 0 radical (unpaired) electrons. The van der Waals surface area contributed by atoms with Crippen LogP contribution >= 0.6 is 15.9 Å². The lowest BCUT2D eigenvalue weighted by atomic mass is 10.1. The summed E-state index contributed by atoms with van der Waals surface area (Å²) in [5, 5.41) is 2.42. The van der Waals surface area contributed by atoms with Crippen LogP contribution in [-0.2, 0) is 0 Å². The van der Waals surface area contributed by atoms with Crippen LogP contribution in [0.25, 0.3) is 33.2 Å². The highest BCUT2D eigenvalue weighted by Gasteiger charge is 2.07. The summed E-state index contributed by atoms with van der Waals surface area (Å²) in [5.41, 5.74) is 3.14. The van der Waals surface area contributed by atoms with E-state index in [1.54, 1.807) is 0 Å². The molecule has 2 nitrogen and oxygen atoms in total. The van der Waals surface area contributed by atoms with E-state index in [4.69, 9.17) is 0 Å². The molecule has 1 aromatic heterocycles. The summed E-state index contributed by atoms with van der Waals surface area (Å²) in [5.74, 6) is 0.901. The summed E-state index contributed by atoms with van der Waals surface area (Å²) >= 11 is 3.65. The Balaban J connectivity index is 1.97. The molecule has 4 aromatic rings. The molecule has 3 heteroatoms. The highest BCUT2D eigenvalue weighted by atomic mass is 79.9. The molecular formula is C17H11BrN2. The zero-order chi connectivity index (χ0) is 13.5. The fraction of sp³-hybridized carbons (Fsp3) is 0. The second-order valence-electron chi connectivity index (χ2n) is 4.78. The Labute approximate surface area is 124 Å². The molecule has 96 valence electrons. The normalized spacial score (nSPS) is 11.2. The number of hydrogen-bond acceptors (Lipinski definition) is 1. The number of benzene rings is 3. The fourth-order valence-electron chi connectivity index (χ4n) is 2.49. The van der Waals surface area contributed by atoms with Crippen LogP contribution in [0.15, 0.2) is 65.1 Å². The number of hydrogen-bond donors (Lipinski definition) is 1. The number of halogens is 1. The Morgan fingerprint density at radius 3 is 2.60 bits per heavy atom. The molecule has 0 atom stereocenters. The van der Waals surface area contributed by atoms with E-state index >= 15 is 0 Å². The van der Waals surface area contributed by atoms with Gasteiger partial charge in [0.2, 0.25) is 0 Å². The first-order valence-electron chi connectivity index (χ1n) is 6.45. The number of aromatic nitrogens is 2. The standard InChI is InChI=1S/C17H11BrN2/c18-14-10-12(9-11-5-1-2-6-13(11)14)17-19-15-7-3-4-8-16(15)20-17/h1-10H,(H,19,20). The number of nitrogens with one attached hydrogen (secondary N) is 1. The minimum Gasteiger partial charge on any atom is -0.338 e. The average Bonchev–Trinajstić information content (AvgIpc) is 2.91. The first-order valence-corrected chi connectivity index (χ1v) is 7.24. The fourth-order valence-corrected chi connectivity index (χ4v) is 3.10. The van der Waals surface area contributed by atoms with Gasteiger partial charge in [0.05, 0.1) is 11.0 Å². The van der Waals surface area contributed by atoms with Crippen LogP contribution in [0.5, 0.6) is 0 Å². The van der Waals surface area contributed by atoms with Crippen LogP contribution in [0.2, 0.25) is 0 Å². The third kappa shape index (κ3) is 1.82. The number of aromatic amines is 1. The highest BCUT2D eigenvalue weighted by Crippen LogP contribution is 2.30. The Bertz CT molecular complexity index is 891. The van der Waals surface area contributed by atoms with Crippen molar-refractivity contribution in [1.82, 2.24) is 9.97 Å². The van der Waals surface area contributed by atoms with Crippen LogP contribution < -0.4 is 0 Å². The minimum absolute atomic E-state index is 0.901. The van der Waals surface area contributed by atoms with E-state index in [2.05, 4.69) is 56.2 Å². The van der Waals surface area contributed by atoms with Gasteiger partial charge < -0.3 is 4.98 Å². The number of para-hydroxylation sites is 2. The molecule has 0 spiro atoms. The van der Waals surface area contributed by atoms with Gasteiger partial charge in [-0.05, 0) is 35.0 Å². The molecule has 0 saturated heterocycles. The third-order valence-corrected chi connectivity index (χ3v) is 4.13. The van der Waals surface area contributed by atoms with Gasteiger partial charge in [-0.2, -0.15) is 0 Å². The highest BCUT2D eigenvalue weighted by molar-refractivity contribution is 9.10. The molecule has 1 N–H and O–H groups in total. The van der Waals surface area contributed by atoms with E-state index in [-0.39, 0.29) is 0 Å². The Morgan fingerprint density at radius 2 is 1.70 bits per heavy atom. The molecule has 0 aliphatic heterocycles. The Morgan fingerprint density at radius 1 is 0.900 bits per heavy atom. The van der Waals surface area contributed by atoms with Gasteiger partial charge in [0.25, 0.3) is 0 Å². The molecule has 0 fully saturated rings. The largest absolute Gasteiger partial charge is 0.338 e. The second kappa shape index (κ2) is 4.46. The van der Waals surface area contributed by atoms with Crippen molar-refractivity contribution in [3.05, 3.63) is 65.1 Å².